The molecule has 1 aliphatic heterocycles. The minimum Gasteiger partial charge on any atom is -0.376 e. The Labute approximate surface area is 64.9 Å². The van der Waals surface area contributed by atoms with Gasteiger partial charge in [-0.3, -0.25) is 9.59 Å². The Morgan fingerprint density at radius 2 is 2.55 bits per heavy atom. The lowest BCUT2D eigenvalue weighted by Crippen LogP contribution is -2.32. The second kappa shape index (κ2) is 4.08. The van der Waals surface area contributed by atoms with Gasteiger partial charge in [-0.2, -0.15) is 0 Å². The molecular formula is C7H11NO3. The number of aldehydes is 1. The van der Waals surface area contributed by atoms with Gasteiger partial charge < -0.3 is 10.1 Å². The molecule has 1 amide bonds. The molecule has 0 aliphatic carbocycles. The van der Waals surface area contributed by atoms with E-state index in [0.717, 1.165) is 19.4 Å². The summed E-state index contributed by atoms with van der Waals surface area (Å²) in [7, 11) is 0. The Kier molecular flexibility index (Phi) is 3.04. The number of carbonyl (C=O) groups excluding carboxylic acids is 2. The van der Waals surface area contributed by atoms with Crippen molar-refractivity contribution < 1.29 is 14.3 Å². The van der Waals surface area contributed by atoms with E-state index in [-0.39, 0.29) is 12.4 Å². The van der Waals surface area contributed by atoms with Crippen molar-refractivity contribution in [3.63, 3.8) is 0 Å². The van der Waals surface area contributed by atoms with Crippen molar-refractivity contribution in [1.29, 1.82) is 0 Å². The van der Waals surface area contributed by atoms with Crippen LogP contribution in [-0.2, 0) is 14.3 Å². The van der Waals surface area contributed by atoms with E-state index in [9.17, 15) is 9.59 Å². The number of rotatable bonds is 3. The molecule has 11 heavy (non-hydrogen) atoms. The van der Waals surface area contributed by atoms with Gasteiger partial charge in [-0.15, -0.1) is 0 Å². The molecule has 1 fully saturated rings. The summed E-state index contributed by atoms with van der Waals surface area (Å²) < 4.78 is 5.22. The number of carbonyl (C=O) groups is 2. The fourth-order valence-electron chi connectivity index (χ4n) is 1.06. The summed E-state index contributed by atoms with van der Waals surface area (Å²) >= 11 is 0. The SMILES string of the molecule is O=CC(=O)NCC1CCCO1. The zero-order valence-electron chi connectivity index (χ0n) is 6.21. The normalized spacial score (nSPS) is 23.1. The zero-order valence-corrected chi connectivity index (χ0v) is 6.21. The lowest BCUT2D eigenvalue weighted by atomic mass is 10.2. The first-order valence-corrected chi connectivity index (χ1v) is 3.67. The van der Waals surface area contributed by atoms with Crippen molar-refractivity contribution >= 4 is 12.2 Å². The summed E-state index contributed by atoms with van der Waals surface area (Å²) in [5.41, 5.74) is 0. The molecule has 0 aromatic rings. The summed E-state index contributed by atoms with van der Waals surface area (Å²) in [6, 6.07) is 0. The van der Waals surface area contributed by atoms with Gasteiger partial charge in [0.15, 0.2) is 0 Å². The molecule has 0 radical (unpaired) electrons. The molecule has 4 heteroatoms. The summed E-state index contributed by atoms with van der Waals surface area (Å²) in [5.74, 6) is -0.569. The Hall–Kier alpha value is -0.900. The van der Waals surface area contributed by atoms with E-state index in [1.807, 2.05) is 0 Å². The van der Waals surface area contributed by atoms with E-state index in [0.29, 0.717) is 6.54 Å². The third-order valence-electron chi connectivity index (χ3n) is 1.63. The Bertz CT molecular complexity index is 152. The van der Waals surface area contributed by atoms with Gasteiger partial charge in [0, 0.05) is 13.2 Å². The third kappa shape index (κ3) is 2.67. The Morgan fingerprint density at radius 3 is 3.09 bits per heavy atom. The molecule has 1 rings (SSSR count). The van der Waals surface area contributed by atoms with Crippen molar-refractivity contribution in [2.75, 3.05) is 13.2 Å². The quantitative estimate of drug-likeness (QED) is 0.443. The van der Waals surface area contributed by atoms with Crippen molar-refractivity contribution in [2.45, 2.75) is 18.9 Å². The third-order valence-corrected chi connectivity index (χ3v) is 1.63. The molecule has 1 saturated heterocycles. The molecule has 1 N–H and O–H groups in total. The van der Waals surface area contributed by atoms with E-state index < -0.39 is 5.91 Å². The molecule has 62 valence electrons. The maximum absolute atomic E-state index is 10.4. The number of hydrogen-bond acceptors (Lipinski definition) is 3. The first-order valence-electron chi connectivity index (χ1n) is 3.67. The number of ether oxygens (including phenoxy) is 1. The van der Waals surface area contributed by atoms with Crippen LogP contribution in [0, 0.1) is 0 Å². The van der Waals surface area contributed by atoms with Gasteiger partial charge in [0.1, 0.15) is 0 Å². The van der Waals surface area contributed by atoms with Crippen LogP contribution in [0.4, 0.5) is 0 Å². The van der Waals surface area contributed by atoms with Crippen LogP contribution in [0.2, 0.25) is 0 Å². The monoisotopic (exact) mass is 157 g/mol. The number of hydrogen-bond donors (Lipinski definition) is 1. The maximum Gasteiger partial charge on any atom is 0.284 e. The highest BCUT2D eigenvalue weighted by Crippen LogP contribution is 2.10. The van der Waals surface area contributed by atoms with Crippen molar-refractivity contribution in [3.8, 4) is 0 Å². The molecular weight excluding hydrogens is 146 g/mol. The number of nitrogens with one attached hydrogen (secondary N) is 1. The summed E-state index contributed by atoms with van der Waals surface area (Å²) in [6.07, 6.45) is 2.40. The smallest absolute Gasteiger partial charge is 0.284 e. The van der Waals surface area contributed by atoms with Gasteiger partial charge in [0.2, 0.25) is 6.29 Å². The average molecular weight is 157 g/mol. The van der Waals surface area contributed by atoms with Crippen molar-refractivity contribution in [1.82, 2.24) is 5.32 Å². The molecule has 0 saturated carbocycles. The van der Waals surface area contributed by atoms with Crippen LogP contribution in [0.1, 0.15) is 12.8 Å². The van der Waals surface area contributed by atoms with Crippen molar-refractivity contribution in [3.05, 3.63) is 0 Å². The van der Waals surface area contributed by atoms with Gasteiger partial charge in [0.05, 0.1) is 6.10 Å². The average Bonchev–Trinajstić information content (AvgIpc) is 2.52. The molecule has 1 aliphatic rings. The Balaban J connectivity index is 2.10. The van der Waals surface area contributed by atoms with Crippen molar-refractivity contribution in [2.24, 2.45) is 0 Å². The zero-order chi connectivity index (χ0) is 8.10. The van der Waals surface area contributed by atoms with Crippen LogP contribution in [0.5, 0.6) is 0 Å². The second-order valence-corrected chi connectivity index (χ2v) is 2.50. The maximum atomic E-state index is 10.4. The first-order chi connectivity index (χ1) is 5.33. The molecule has 1 heterocycles. The molecule has 1 atom stereocenters. The van der Waals surface area contributed by atoms with Crippen LogP contribution in [0.3, 0.4) is 0 Å². The lowest BCUT2D eigenvalue weighted by molar-refractivity contribution is -0.131. The lowest BCUT2D eigenvalue weighted by Gasteiger charge is -2.07. The van der Waals surface area contributed by atoms with E-state index in [1.54, 1.807) is 0 Å². The minimum atomic E-state index is -0.569. The van der Waals surface area contributed by atoms with Gasteiger partial charge in [-0.05, 0) is 12.8 Å². The topological polar surface area (TPSA) is 55.4 Å². The van der Waals surface area contributed by atoms with E-state index >= 15 is 0 Å². The molecule has 4 nitrogen and oxygen atoms in total. The largest absolute Gasteiger partial charge is 0.376 e. The molecule has 0 bridgehead atoms. The highest BCUT2D eigenvalue weighted by Gasteiger charge is 2.15. The molecule has 1 unspecified atom stereocenters. The van der Waals surface area contributed by atoms with E-state index in [2.05, 4.69) is 5.32 Å². The predicted molar refractivity (Wildman–Crippen MR) is 38.0 cm³/mol. The standard InChI is InChI=1S/C7H11NO3/c9-5-7(10)8-4-6-2-1-3-11-6/h5-6H,1-4H2,(H,8,10). The Morgan fingerprint density at radius 1 is 1.73 bits per heavy atom. The highest BCUT2D eigenvalue weighted by molar-refractivity contribution is 6.23. The second-order valence-electron chi connectivity index (χ2n) is 2.50. The summed E-state index contributed by atoms with van der Waals surface area (Å²) in [4.78, 5) is 20.3. The van der Waals surface area contributed by atoms with Crippen LogP contribution in [-0.4, -0.2) is 31.4 Å². The van der Waals surface area contributed by atoms with Crippen LogP contribution in [0.25, 0.3) is 0 Å². The van der Waals surface area contributed by atoms with Gasteiger partial charge in [0.25, 0.3) is 5.91 Å². The predicted octanol–water partition coefficient (Wildman–Crippen LogP) is -0.520. The van der Waals surface area contributed by atoms with E-state index in [1.165, 1.54) is 0 Å². The number of amides is 1. The summed E-state index contributed by atoms with van der Waals surface area (Å²) in [6.45, 7) is 1.22. The highest BCUT2D eigenvalue weighted by atomic mass is 16.5. The molecule has 0 aromatic carbocycles. The van der Waals surface area contributed by atoms with Gasteiger partial charge in [-0.25, -0.2) is 0 Å². The molecule has 0 spiro atoms. The fraction of sp³-hybridized carbons (Fsp3) is 0.714. The van der Waals surface area contributed by atoms with Gasteiger partial charge in [-0.1, -0.05) is 0 Å². The fourth-order valence-corrected chi connectivity index (χ4v) is 1.06. The van der Waals surface area contributed by atoms with Crippen LogP contribution < -0.4 is 5.32 Å². The van der Waals surface area contributed by atoms with E-state index in [4.69, 9.17) is 4.74 Å². The van der Waals surface area contributed by atoms with Crippen LogP contribution >= 0.6 is 0 Å². The van der Waals surface area contributed by atoms with Gasteiger partial charge >= 0.3 is 0 Å². The minimum absolute atomic E-state index is 0.110. The molecule has 0 aromatic heterocycles. The summed E-state index contributed by atoms with van der Waals surface area (Å²) in [5, 5.41) is 2.44. The first kappa shape index (κ1) is 8.20. The van der Waals surface area contributed by atoms with Crippen LogP contribution in [0.15, 0.2) is 0 Å².